The molecule has 1 fully saturated rings. The second kappa shape index (κ2) is 6.59. The van der Waals surface area contributed by atoms with Crippen molar-refractivity contribution < 1.29 is 0 Å². The predicted octanol–water partition coefficient (Wildman–Crippen LogP) is 4.49. The zero-order chi connectivity index (χ0) is 13.8. The third-order valence-corrected chi connectivity index (χ3v) is 5.10. The van der Waals surface area contributed by atoms with E-state index in [0.29, 0.717) is 6.04 Å². The van der Waals surface area contributed by atoms with E-state index in [1.165, 1.54) is 31.2 Å². The van der Waals surface area contributed by atoms with Gasteiger partial charge in [0.2, 0.25) is 0 Å². The summed E-state index contributed by atoms with van der Waals surface area (Å²) in [7, 11) is 0. The minimum Gasteiger partial charge on any atom is -0.300 e. The summed E-state index contributed by atoms with van der Waals surface area (Å²) >= 11 is 7.29. The van der Waals surface area contributed by atoms with Crippen molar-refractivity contribution >= 4 is 24.0 Å². The van der Waals surface area contributed by atoms with Crippen LogP contribution < -0.4 is 0 Å². The van der Waals surface area contributed by atoms with Gasteiger partial charge in [0, 0.05) is 11.8 Å². The Hall–Kier alpha value is -1.07. The highest BCUT2D eigenvalue weighted by Gasteiger charge is 2.20. The molecule has 1 aliphatic carbocycles. The average Bonchev–Trinajstić information content (AvgIpc) is 3.10. The largest absolute Gasteiger partial charge is 0.300 e. The van der Waals surface area contributed by atoms with E-state index in [1.54, 1.807) is 0 Å². The smallest absolute Gasteiger partial charge is 0.195 e. The molecule has 20 heavy (non-hydrogen) atoms. The van der Waals surface area contributed by atoms with Crippen LogP contribution in [0.5, 0.6) is 0 Å². The highest BCUT2D eigenvalue weighted by Crippen LogP contribution is 2.31. The van der Waals surface area contributed by atoms with Gasteiger partial charge in [-0.15, -0.1) is 11.8 Å². The third kappa shape index (κ3) is 3.15. The first-order valence-corrected chi connectivity index (χ1v) is 8.68. The zero-order valence-electron chi connectivity index (χ0n) is 11.4. The van der Waals surface area contributed by atoms with Crippen LogP contribution in [0, 0.1) is 4.77 Å². The quantitative estimate of drug-likeness (QED) is 0.826. The van der Waals surface area contributed by atoms with E-state index in [4.69, 9.17) is 12.2 Å². The highest BCUT2D eigenvalue weighted by atomic mass is 32.2. The van der Waals surface area contributed by atoms with Crippen LogP contribution in [0.3, 0.4) is 0 Å². The number of nitrogens with one attached hydrogen (secondary N) is 1. The van der Waals surface area contributed by atoms with Crippen LogP contribution in [0.15, 0.2) is 30.3 Å². The Labute approximate surface area is 128 Å². The lowest BCUT2D eigenvalue weighted by Crippen LogP contribution is -2.08. The molecule has 5 heteroatoms. The van der Waals surface area contributed by atoms with Crippen molar-refractivity contribution in [3.63, 3.8) is 0 Å². The maximum absolute atomic E-state index is 5.39. The van der Waals surface area contributed by atoms with E-state index in [2.05, 4.69) is 45.1 Å². The molecule has 0 saturated heterocycles. The Morgan fingerprint density at radius 3 is 2.70 bits per heavy atom. The fourth-order valence-electron chi connectivity index (χ4n) is 2.81. The molecule has 0 atom stereocenters. The van der Waals surface area contributed by atoms with Gasteiger partial charge in [-0.1, -0.05) is 43.2 Å². The van der Waals surface area contributed by atoms with Gasteiger partial charge in [0.15, 0.2) is 4.77 Å². The van der Waals surface area contributed by atoms with E-state index in [9.17, 15) is 0 Å². The van der Waals surface area contributed by atoms with E-state index in [-0.39, 0.29) is 0 Å². The summed E-state index contributed by atoms with van der Waals surface area (Å²) in [6.45, 7) is 0. The molecular weight excluding hydrogens is 286 g/mol. The molecule has 3 rings (SSSR count). The number of rotatable bonds is 5. The Morgan fingerprint density at radius 2 is 1.95 bits per heavy atom. The number of nitrogens with zero attached hydrogens (tertiary/aromatic N) is 2. The van der Waals surface area contributed by atoms with Crippen molar-refractivity contribution in [2.75, 3.05) is 0 Å². The van der Waals surface area contributed by atoms with E-state index in [0.717, 1.165) is 22.1 Å². The lowest BCUT2D eigenvalue weighted by Gasteiger charge is -2.13. The van der Waals surface area contributed by atoms with Gasteiger partial charge >= 0.3 is 0 Å². The Bertz CT molecular complexity index is 597. The van der Waals surface area contributed by atoms with Gasteiger partial charge in [-0.25, -0.2) is 0 Å². The lowest BCUT2D eigenvalue weighted by atomic mass is 10.2. The first-order chi connectivity index (χ1) is 9.84. The molecule has 0 amide bonds. The molecule has 1 aromatic carbocycles. The summed E-state index contributed by atoms with van der Waals surface area (Å²) in [5.74, 6) is 3.03. The highest BCUT2D eigenvalue weighted by molar-refractivity contribution is 7.97. The molecule has 0 aliphatic heterocycles. The maximum Gasteiger partial charge on any atom is 0.195 e. The van der Waals surface area contributed by atoms with Crippen LogP contribution >= 0.6 is 24.0 Å². The molecule has 1 aromatic heterocycles. The summed E-state index contributed by atoms with van der Waals surface area (Å²) in [6, 6.07) is 11.1. The normalized spacial score (nSPS) is 15.8. The first-order valence-electron chi connectivity index (χ1n) is 7.12. The van der Waals surface area contributed by atoms with Crippen molar-refractivity contribution in [3.8, 4) is 0 Å². The minimum atomic E-state index is 0.563. The Kier molecular flexibility index (Phi) is 4.58. The molecule has 0 spiro atoms. The topological polar surface area (TPSA) is 33.6 Å². The predicted molar refractivity (Wildman–Crippen MR) is 86.4 cm³/mol. The molecule has 2 aromatic rings. The first kappa shape index (κ1) is 13.9. The zero-order valence-corrected chi connectivity index (χ0v) is 13.1. The van der Waals surface area contributed by atoms with E-state index < -0.39 is 0 Å². The minimum absolute atomic E-state index is 0.563. The second-order valence-corrected chi connectivity index (χ2v) is 6.60. The lowest BCUT2D eigenvalue weighted by molar-refractivity contribution is 0.499. The number of benzene rings is 1. The number of thioether (sulfide) groups is 1. The van der Waals surface area contributed by atoms with Gasteiger partial charge < -0.3 is 4.57 Å². The second-order valence-electron chi connectivity index (χ2n) is 5.23. The maximum atomic E-state index is 5.39. The number of aromatic nitrogens is 3. The van der Waals surface area contributed by atoms with Gasteiger partial charge in [0.25, 0.3) is 0 Å². The molecule has 1 saturated carbocycles. The number of hydrogen-bond acceptors (Lipinski definition) is 3. The summed E-state index contributed by atoms with van der Waals surface area (Å²) < 4.78 is 3.03. The fourth-order valence-corrected chi connectivity index (χ4v) is 4.03. The van der Waals surface area contributed by atoms with Crippen molar-refractivity contribution in [2.24, 2.45) is 0 Å². The van der Waals surface area contributed by atoms with Crippen molar-refractivity contribution in [2.45, 2.75) is 43.2 Å². The summed E-state index contributed by atoms with van der Waals surface area (Å²) in [6.07, 6.45) is 5.11. The van der Waals surface area contributed by atoms with Crippen LogP contribution in [0.4, 0.5) is 0 Å². The summed E-state index contributed by atoms with van der Waals surface area (Å²) in [5.41, 5.74) is 1.36. The van der Waals surface area contributed by atoms with Crippen LogP contribution in [0.25, 0.3) is 0 Å². The monoisotopic (exact) mass is 305 g/mol. The van der Waals surface area contributed by atoms with Gasteiger partial charge in [-0.05, 0) is 30.6 Å². The van der Waals surface area contributed by atoms with Crippen molar-refractivity contribution in [1.29, 1.82) is 0 Å². The van der Waals surface area contributed by atoms with E-state index in [1.807, 2.05) is 11.8 Å². The van der Waals surface area contributed by atoms with Crippen molar-refractivity contribution in [3.05, 3.63) is 46.5 Å². The SMILES string of the molecule is S=c1[nH]nc(CSCc2ccccc2)n1C1CCCC1. The molecule has 0 radical (unpaired) electrons. The molecule has 0 bridgehead atoms. The summed E-state index contributed by atoms with van der Waals surface area (Å²) in [4.78, 5) is 0. The molecule has 3 nitrogen and oxygen atoms in total. The van der Waals surface area contributed by atoms with E-state index >= 15 is 0 Å². The fraction of sp³-hybridized carbons (Fsp3) is 0.467. The Morgan fingerprint density at radius 1 is 1.20 bits per heavy atom. The number of hydrogen-bond donors (Lipinski definition) is 1. The number of aromatic amines is 1. The van der Waals surface area contributed by atoms with Gasteiger partial charge in [-0.2, -0.15) is 5.10 Å². The molecule has 1 heterocycles. The van der Waals surface area contributed by atoms with Crippen molar-refractivity contribution in [1.82, 2.24) is 14.8 Å². The van der Waals surface area contributed by atoms with Gasteiger partial charge in [0.05, 0.1) is 5.75 Å². The van der Waals surface area contributed by atoms with Gasteiger partial charge in [0.1, 0.15) is 5.82 Å². The average molecular weight is 305 g/mol. The molecule has 0 unspecified atom stereocenters. The van der Waals surface area contributed by atoms with Crippen LogP contribution in [0.2, 0.25) is 0 Å². The van der Waals surface area contributed by atoms with Gasteiger partial charge in [-0.3, -0.25) is 5.10 Å². The molecule has 1 aliphatic rings. The standard InChI is InChI=1S/C15H19N3S2/c19-15-17-16-14(18(15)13-8-4-5-9-13)11-20-10-12-6-2-1-3-7-12/h1-3,6-7,13H,4-5,8-11H2,(H,17,19). The molecule has 1 N–H and O–H groups in total. The van der Waals surface area contributed by atoms with Crippen LogP contribution in [0.1, 0.15) is 43.1 Å². The Balaban J connectivity index is 1.64. The van der Waals surface area contributed by atoms with Crippen LogP contribution in [-0.2, 0) is 11.5 Å². The number of H-pyrrole nitrogens is 1. The summed E-state index contributed by atoms with van der Waals surface area (Å²) in [5, 5.41) is 7.38. The molecule has 106 valence electrons. The van der Waals surface area contributed by atoms with Crippen LogP contribution in [-0.4, -0.2) is 14.8 Å². The molecular formula is C15H19N3S2. The third-order valence-electron chi connectivity index (χ3n) is 3.81.